The van der Waals surface area contributed by atoms with Crippen molar-refractivity contribution >= 4 is 23.1 Å². The molecule has 1 N–H and O–H groups in total. The topological polar surface area (TPSA) is 71.0 Å². The van der Waals surface area contributed by atoms with E-state index in [2.05, 4.69) is 20.3 Å². The zero-order chi connectivity index (χ0) is 16.4. The highest BCUT2D eigenvalue weighted by Crippen LogP contribution is 2.32. The van der Waals surface area contributed by atoms with E-state index in [0.29, 0.717) is 6.42 Å². The molecule has 1 aliphatic rings. The molecule has 0 spiro atoms. The molecule has 0 radical (unpaired) electrons. The molecule has 0 aliphatic carbocycles. The van der Waals surface area contributed by atoms with Gasteiger partial charge in [0.25, 0.3) is 0 Å². The van der Waals surface area contributed by atoms with Gasteiger partial charge in [0.15, 0.2) is 0 Å². The molecule has 1 saturated heterocycles. The number of anilines is 1. The van der Waals surface area contributed by atoms with Crippen molar-refractivity contribution in [2.24, 2.45) is 0 Å². The number of hydrogen-bond acceptors (Lipinski definition) is 6. The molecule has 2 aromatic rings. The third-order valence-electron chi connectivity index (χ3n) is 4.03. The van der Waals surface area contributed by atoms with E-state index in [0.717, 1.165) is 47.4 Å². The Bertz CT molecular complexity index is 714. The minimum atomic E-state index is 0.0380. The van der Waals surface area contributed by atoms with Gasteiger partial charge in [-0.2, -0.15) is 0 Å². The van der Waals surface area contributed by atoms with Crippen LogP contribution >= 0.6 is 11.3 Å². The van der Waals surface area contributed by atoms with Gasteiger partial charge in [0.05, 0.1) is 28.9 Å². The molecule has 23 heavy (non-hydrogen) atoms. The highest BCUT2D eigenvalue weighted by atomic mass is 32.1. The van der Waals surface area contributed by atoms with Crippen molar-refractivity contribution in [3.05, 3.63) is 33.7 Å². The third kappa shape index (κ3) is 3.50. The molecule has 7 heteroatoms. The minimum absolute atomic E-state index is 0.0380. The Kier molecular flexibility index (Phi) is 4.56. The van der Waals surface area contributed by atoms with E-state index in [1.165, 1.54) is 0 Å². The molecule has 0 saturated carbocycles. The maximum atomic E-state index is 12.7. The van der Waals surface area contributed by atoms with E-state index >= 15 is 0 Å². The molecule has 3 heterocycles. The number of carbonyl (C=O) groups is 1. The first-order valence-corrected chi connectivity index (χ1v) is 8.68. The van der Waals surface area contributed by atoms with Crippen LogP contribution in [0.4, 0.5) is 5.82 Å². The van der Waals surface area contributed by atoms with Crippen molar-refractivity contribution < 1.29 is 4.79 Å². The van der Waals surface area contributed by atoms with Crippen LogP contribution in [-0.2, 0) is 11.2 Å². The van der Waals surface area contributed by atoms with Crippen LogP contribution in [0.1, 0.15) is 41.1 Å². The second-order valence-electron chi connectivity index (χ2n) is 5.76. The Morgan fingerprint density at radius 2 is 2.22 bits per heavy atom. The van der Waals surface area contributed by atoms with Crippen molar-refractivity contribution in [3.8, 4) is 0 Å². The fourth-order valence-electron chi connectivity index (χ4n) is 3.01. The van der Waals surface area contributed by atoms with E-state index < -0.39 is 0 Å². The summed E-state index contributed by atoms with van der Waals surface area (Å²) in [6.45, 7) is 4.62. The van der Waals surface area contributed by atoms with Gasteiger partial charge >= 0.3 is 0 Å². The quantitative estimate of drug-likeness (QED) is 0.932. The zero-order valence-corrected chi connectivity index (χ0v) is 14.5. The normalized spacial score (nSPS) is 17.5. The summed E-state index contributed by atoms with van der Waals surface area (Å²) in [6, 6.07) is 1.98. The fraction of sp³-hybridized carbons (Fsp3) is 0.500. The second-order valence-corrected chi connectivity index (χ2v) is 6.82. The van der Waals surface area contributed by atoms with E-state index in [1.54, 1.807) is 11.3 Å². The molecule has 1 fully saturated rings. The number of aryl methyl sites for hydroxylation is 2. The summed E-state index contributed by atoms with van der Waals surface area (Å²) in [7, 11) is 1.84. The lowest BCUT2D eigenvalue weighted by atomic mass is 10.1. The van der Waals surface area contributed by atoms with Crippen LogP contribution in [0.5, 0.6) is 0 Å². The summed E-state index contributed by atoms with van der Waals surface area (Å²) < 4.78 is 0. The minimum Gasteiger partial charge on any atom is -0.373 e. The van der Waals surface area contributed by atoms with Crippen LogP contribution in [0, 0.1) is 13.8 Å². The molecular formula is C16H21N5OS. The number of carbonyl (C=O) groups excluding carboxylic acids is 1. The highest BCUT2D eigenvalue weighted by molar-refractivity contribution is 7.09. The first-order valence-electron chi connectivity index (χ1n) is 7.80. The van der Waals surface area contributed by atoms with Crippen LogP contribution in [0.15, 0.2) is 11.4 Å². The lowest BCUT2D eigenvalue weighted by Crippen LogP contribution is -2.32. The van der Waals surface area contributed by atoms with Crippen molar-refractivity contribution in [2.75, 3.05) is 18.9 Å². The maximum absolute atomic E-state index is 12.7. The van der Waals surface area contributed by atoms with Crippen LogP contribution in [0.3, 0.4) is 0 Å². The second kappa shape index (κ2) is 6.62. The Hall–Kier alpha value is -2.02. The lowest BCUT2D eigenvalue weighted by Gasteiger charge is -2.24. The van der Waals surface area contributed by atoms with Crippen molar-refractivity contribution in [2.45, 2.75) is 39.2 Å². The number of likely N-dealkylation sites (tertiary alicyclic amines) is 1. The molecule has 1 atom stereocenters. The standard InChI is InChI=1S/C16H21N5OS/c1-10-18-13(8-15(17-3)19-10)14-5-4-6-21(14)16(22)7-12-9-23-11(2)20-12/h8-9,14H,4-7H2,1-3H3,(H,17,18,19)/t14-/m0/s1. The summed E-state index contributed by atoms with van der Waals surface area (Å²) >= 11 is 1.58. The average Bonchev–Trinajstić information content (AvgIpc) is 3.15. The van der Waals surface area contributed by atoms with Crippen LogP contribution in [0.2, 0.25) is 0 Å². The number of rotatable bonds is 4. The molecule has 2 aromatic heterocycles. The number of nitrogens with one attached hydrogen (secondary N) is 1. The van der Waals surface area contributed by atoms with Gasteiger partial charge in [-0.25, -0.2) is 15.0 Å². The van der Waals surface area contributed by atoms with E-state index in [-0.39, 0.29) is 11.9 Å². The molecule has 1 amide bonds. The van der Waals surface area contributed by atoms with Gasteiger partial charge in [0.1, 0.15) is 11.6 Å². The Balaban J connectivity index is 1.79. The molecule has 1 aliphatic heterocycles. The largest absolute Gasteiger partial charge is 0.373 e. The number of nitrogens with zero attached hydrogens (tertiary/aromatic N) is 4. The SMILES string of the molecule is CNc1cc([C@@H]2CCCN2C(=O)Cc2csc(C)n2)nc(C)n1. The predicted molar refractivity (Wildman–Crippen MR) is 90.6 cm³/mol. The highest BCUT2D eigenvalue weighted by Gasteiger charge is 2.31. The van der Waals surface area contributed by atoms with Crippen LogP contribution < -0.4 is 5.32 Å². The number of hydrogen-bond donors (Lipinski definition) is 1. The Morgan fingerprint density at radius 1 is 1.39 bits per heavy atom. The van der Waals surface area contributed by atoms with E-state index in [9.17, 15) is 4.79 Å². The number of aromatic nitrogens is 3. The summed E-state index contributed by atoms with van der Waals surface area (Å²) in [5.74, 6) is 1.64. The van der Waals surface area contributed by atoms with Gasteiger partial charge in [-0.3, -0.25) is 4.79 Å². The maximum Gasteiger partial charge on any atom is 0.229 e. The third-order valence-corrected chi connectivity index (χ3v) is 4.85. The predicted octanol–water partition coefficient (Wildman–Crippen LogP) is 2.50. The first kappa shape index (κ1) is 15.9. The van der Waals surface area contributed by atoms with Crippen molar-refractivity contribution in [3.63, 3.8) is 0 Å². The molecule has 0 unspecified atom stereocenters. The van der Waals surface area contributed by atoms with Gasteiger partial charge < -0.3 is 10.2 Å². The molecule has 0 bridgehead atoms. The number of thiazole rings is 1. The molecular weight excluding hydrogens is 310 g/mol. The number of amides is 1. The lowest BCUT2D eigenvalue weighted by molar-refractivity contribution is -0.131. The fourth-order valence-corrected chi connectivity index (χ4v) is 3.62. The van der Waals surface area contributed by atoms with Gasteiger partial charge in [-0.15, -0.1) is 11.3 Å². The summed E-state index contributed by atoms with van der Waals surface area (Å²) in [5.41, 5.74) is 1.78. The Labute approximate surface area is 140 Å². The van der Waals surface area contributed by atoms with Gasteiger partial charge in [0, 0.05) is 25.0 Å². The molecule has 6 nitrogen and oxygen atoms in total. The van der Waals surface area contributed by atoms with Crippen LogP contribution in [0.25, 0.3) is 0 Å². The first-order chi connectivity index (χ1) is 11.1. The van der Waals surface area contributed by atoms with Crippen LogP contribution in [-0.4, -0.2) is 39.4 Å². The summed E-state index contributed by atoms with van der Waals surface area (Å²) in [5, 5.41) is 6.02. The Morgan fingerprint density at radius 3 is 2.91 bits per heavy atom. The molecule has 0 aromatic carbocycles. The monoisotopic (exact) mass is 331 g/mol. The summed E-state index contributed by atoms with van der Waals surface area (Å²) in [4.78, 5) is 27.9. The zero-order valence-electron chi connectivity index (χ0n) is 13.7. The summed E-state index contributed by atoms with van der Waals surface area (Å²) in [6.07, 6.45) is 2.32. The molecule has 3 rings (SSSR count). The van der Waals surface area contributed by atoms with E-state index in [1.807, 2.05) is 37.2 Å². The van der Waals surface area contributed by atoms with Gasteiger partial charge in [-0.1, -0.05) is 0 Å². The smallest absolute Gasteiger partial charge is 0.229 e. The molecule has 122 valence electrons. The van der Waals surface area contributed by atoms with Crippen molar-refractivity contribution in [1.29, 1.82) is 0 Å². The van der Waals surface area contributed by atoms with E-state index in [4.69, 9.17) is 0 Å². The van der Waals surface area contributed by atoms with Crippen molar-refractivity contribution in [1.82, 2.24) is 19.9 Å². The average molecular weight is 331 g/mol. The van der Waals surface area contributed by atoms with Gasteiger partial charge in [0.2, 0.25) is 5.91 Å². The van der Waals surface area contributed by atoms with Gasteiger partial charge in [-0.05, 0) is 26.7 Å².